The number of nitrogens with zero attached hydrogens (tertiary/aromatic N) is 2. The Morgan fingerprint density at radius 3 is 2.48 bits per heavy atom. The largest absolute Gasteiger partial charge is 0.356 e. The van der Waals surface area contributed by atoms with Gasteiger partial charge in [-0.1, -0.05) is 24.3 Å². The molecule has 0 spiro atoms. The molecule has 0 fully saturated rings. The maximum atomic E-state index is 13.2. The Labute approximate surface area is 175 Å². The second-order valence-electron chi connectivity index (χ2n) is 5.86. The van der Waals surface area contributed by atoms with E-state index in [9.17, 15) is 14.5 Å². The van der Waals surface area contributed by atoms with Crippen LogP contribution in [0.15, 0.2) is 53.5 Å². The van der Waals surface area contributed by atoms with Crippen LogP contribution in [-0.4, -0.2) is 24.5 Å². The fraction of sp³-hybridized carbons (Fsp3) is 0.316. The van der Waals surface area contributed by atoms with E-state index in [0.29, 0.717) is 12.5 Å². The molecule has 0 radical (unpaired) electrons. The minimum atomic E-state index is -0.393. The summed E-state index contributed by atoms with van der Waals surface area (Å²) in [6.45, 7) is 1.26. The van der Waals surface area contributed by atoms with Crippen molar-refractivity contribution in [3.63, 3.8) is 0 Å². The van der Waals surface area contributed by atoms with Gasteiger partial charge in [0.1, 0.15) is 5.82 Å². The summed E-state index contributed by atoms with van der Waals surface area (Å²) in [5.41, 5.74) is 2.05. The standard InChI is InChI=1S/C19H23FN4O2.HI/c1-21-19(23-14-16-6-4-7-17(20)13-16)22-12-3-2-5-15-8-10-18(11-9-15)24(25)26;/h4,6-11,13H,2-3,5,12,14H2,1H3,(H2,21,22,23);1H. The molecule has 2 aromatic rings. The number of aliphatic imine (C=N–C) groups is 1. The number of aryl methyl sites for hydroxylation is 1. The number of nitrogens with one attached hydrogen (secondary N) is 2. The van der Waals surface area contributed by atoms with Gasteiger partial charge in [0.2, 0.25) is 0 Å². The number of hydrogen-bond acceptors (Lipinski definition) is 3. The molecular formula is C19H24FIN4O2. The van der Waals surface area contributed by atoms with Crippen molar-refractivity contribution in [2.45, 2.75) is 25.8 Å². The summed E-state index contributed by atoms with van der Waals surface area (Å²) in [7, 11) is 1.69. The molecule has 0 aliphatic carbocycles. The van der Waals surface area contributed by atoms with Gasteiger partial charge in [-0.3, -0.25) is 15.1 Å². The van der Waals surface area contributed by atoms with Crippen LogP contribution in [0, 0.1) is 15.9 Å². The van der Waals surface area contributed by atoms with Crippen molar-refractivity contribution in [3.8, 4) is 0 Å². The predicted molar refractivity (Wildman–Crippen MR) is 116 cm³/mol. The Hall–Kier alpha value is -2.23. The van der Waals surface area contributed by atoms with E-state index < -0.39 is 4.92 Å². The molecule has 146 valence electrons. The van der Waals surface area contributed by atoms with Gasteiger partial charge in [0.05, 0.1) is 4.92 Å². The molecular weight excluding hydrogens is 462 g/mol. The number of non-ortho nitro benzene ring substituents is 1. The molecule has 0 saturated heterocycles. The molecule has 0 aromatic heterocycles. The molecule has 27 heavy (non-hydrogen) atoms. The van der Waals surface area contributed by atoms with Gasteiger partial charge >= 0.3 is 0 Å². The van der Waals surface area contributed by atoms with Crippen LogP contribution in [0.25, 0.3) is 0 Å². The van der Waals surface area contributed by atoms with Crippen LogP contribution in [0.5, 0.6) is 0 Å². The SMILES string of the molecule is CN=C(NCCCCc1ccc([N+](=O)[O-])cc1)NCc1cccc(F)c1.I. The molecule has 0 unspecified atom stereocenters. The van der Waals surface area contributed by atoms with Gasteiger partial charge in [-0.05, 0) is 42.5 Å². The molecule has 0 bridgehead atoms. The zero-order chi connectivity index (χ0) is 18.8. The van der Waals surface area contributed by atoms with E-state index in [1.165, 1.54) is 24.3 Å². The van der Waals surface area contributed by atoms with Crippen LogP contribution >= 0.6 is 24.0 Å². The highest BCUT2D eigenvalue weighted by molar-refractivity contribution is 14.0. The average molecular weight is 486 g/mol. The lowest BCUT2D eigenvalue weighted by Gasteiger charge is -2.12. The van der Waals surface area contributed by atoms with Gasteiger partial charge in [0, 0.05) is 32.3 Å². The van der Waals surface area contributed by atoms with E-state index in [2.05, 4.69) is 15.6 Å². The zero-order valence-corrected chi connectivity index (χ0v) is 17.5. The van der Waals surface area contributed by atoms with Crippen LogP contribution < -0.4 is 10.6 Å². The molecule has 0 atom stereocenters. The first-order valence-corrected chi connectivity index (χ1v) is 8.51. The summed E-state index contributed by atoms with van der Waals surface area (Å²) < 4.78 is 13.2. The van der Waals surface area contributed by atoms with E-state index in [0.717, 1.165) is 36.9 Å². The van der Waals surface area contributed by atoms with Crippen molar-refractivity contribution < 1.29 is 9.31 Å². The highest BCUT2D eigenvalue weighted by Crippen LogP contribution is 2.13. The van der Waals surface area contributed by atoms with E-state index in [4.69, 9.17) is 0 Å². The first kappa shape index (κ1) is 22.8. The van der Waals surface area contributed by atoms with E-state index in [-0.39, 0.29) is 35.5 Å². The summed E-state index contributed by atoms with van der Waals surface area (Å²) in [6, 6.07) is 13.1. The number of nitro groups is 1. The third-order valence-corrected chi connectivity index (χ3v) is 3.90. The molecule has 0 saturated carbocycles. The highest BCUT2D eigenvalue weighted by Gasteiger charge is 2.04. The number of halogens is 2. The number of rotatable bonds is 8. The van der Waals surface area contributed by atoms with Crippen molar-refractivity contribution in [1.82, 2.24) is 10.6 Å². The lowest BCUT2D eigenvalue weighted by atomic mass is 10.1. The van der Waals surface area contributed by atoms with E-state index in [1.54, 1.807) is 25.2 Å². The van der Waals surface area contributed by atoms with Crippen LogP contribution in [0.4, 0.5) is 10.1 Å². The topological polar surface area (TPSA) is 79.6 Å². The molecule has 0 amide bonds. The van der Waals surface area contributed by atoms with Gasteiger partial charge in [0.25, 0.3) is 5.69 Å². The number of benzene rings is 2. The van der Waals surface area contributed by atoms with Crippen LogP contribution in [0.3, 0.4) is 0 Å². The number of unbranched alkanes of at least 4 members (excludes halogenated alkanes) is 1. The summed E-state index contributed by atoms with van der Waals surface area (Å²) in [5.74, 6) is 0.420. The first-order chi connectivity index (χ1) is 12.6. The lowest BCUT2D eigenvalue weighted by molar-refractivity contribution is -0.384. The Kier molecular flexibility index (Phi) is 10.3. The summed E-state index contributed by atoms with van der Waals surface area (Å²) in [5, 5.41) is 17.0. The molecule has 0 aliphatic heterocycles. The number of guanidine groups is 1. The van der Waals surface area contributed by atoms with Gasteiger partial charge in [-0.15, -0.1) is 24.0 Å². The van der Waals surface area contributed by atoms with Gasteiger partial charge in [-0.25, -0.2) is 4.39 Å². The van der Waals surface area contributed by atoms with Crippen molar-refractivity contribution >= 4 is 35.6 Å². The van der Waals surface area contributed by atoms with Crippen molar-refractivity contribution in [2.75, 3.05) is 13.6 Å². The molecule has 2 aromatic carbocycles. The molecule has 8 heteroatoms. The lowest BCUT2D eigenvalue weighted by Crippen LogP contribution is -2.37. The molecule has 2 N–H and O–H groups in total. The molecule has 2 rings (SSSR count). The number of hydrogen-bond donors (Lipinski definition) is 2. The highest BCUT2D eigenvalue weighted by atomic mass is 127. The summed E-state index contributed by atoms with van der Waals surface area (Å²) in [6.07, 6.45) is 2.78. The zero-order valence-electron chi connectivity index (χ0n) is 15.2. The summed E-state index contributed by atoms with van der Waals surface area (Å²) >= 11 is 0. The van der Waals surface area contributed by atoms with Gasteiger partial charge in [-0.2, -0.15) is 0 Å². The maximum Gasteiger partial charge on any atom is 0.269 e. The van der Waals surface area contributed by atoms with Crippen molar-refractivity contribution in [2.24, 2.45) is 4.99 Å². The van der Waals surface area contributed by atoms with Crippen LogP contribution in [-0.2, 0) is 13.0 Å². The van der Waals surface area contributed by atoms with Gasteiger partial charge in [0.15, 0.2) is 5.96 Å². The smallest absolute Gasteiger partial charge is 0.269 e. The predicted octanol–water partition coefficient (Wildman–Crippen LogP) is 4.04. The van der Waals surface area contributed by atoms with Gasteiger partial charge < -0.3 is 10.6 Å². The molecule has 6 nitrogen and oxygen atoms in total. The fourth-order valence-corrected chi connectivity index (χ4v) is 2.50. The van der Waals surface area contributed by atoms with Crippen molar-refractivity contribution in [1.29, 1.82) is 0 Å². The number of nitro benzene ring substituents is 1. The Morgan fingerprint density at radius 1 is 1.11 bits per heavy atom. The normalized spacial score (nSPS) is 10.8. The average Bonchev–Trinajstić information content (AvgIpc) is 2.64. The second kappa shape index (κ2) is 12.2. The first-order valence-electron chi connectivity index (χ1n) is 8.51. The monoisotopic (exact) mass is 486 g/mol. The third kappa shape index (κ3) is 8.33. The Morgan fingerprint density at radius 2 is 1.85 bits per heavy atom. The third-order valence-electron chi connectivity index (χ3n) is 3.90. The quantitative estimate of drug-likeness (QED) is 0.148. The van der Waals surface area contributed by atoms with E-state index in [1.807, 2.05) is 6.07 Å². The summed E-state index contributed by atoms with van der Waals surface area (Å²) in [4.78, 5) is 14.4. The Bertz CT molecular complexity index is 754. The Balaban J connectivity index is 0.00000364. The maximum absolute atomic E-state index is 13.2. The second-order valence-corrected chi connectivity index (χ2v) is 5.86. The van der Waals surface area contributed by atoms with Crippen LogP contribution in [0.2, 0.25) is 0 Å². The molecule has 0 heterocycles. The van der Waals surface area contributed by atoms with E-state index >= 15 is 0 Å². The molecule has 0 aliphatic rings. The van der Waals surface area contributed by atoms with Crippen LogP contribution in [0.1, 0.15) is 24.0 Å². The minimum absolute atomic E-state index is 0. The fourth-order valence-electron chi connectivity index (χ4n) is 2.50. The minimum Gasteiger partial charge on any atom is -0.356 e. The van der Waals surface area contributed by atoms with Crippen molar-refractivity contribution in [3.05, 3.63) is 75.6 Å².